The first kappa shape index (κ1) is 17.7. The minimum atomic E-state index is -0.434. The minimum absolute atomic E-state index is 0.140. The zero-order chi connectivity index (χ0) is 20.0. The molecule has 1 amide bonds. The topological polar surface area (TPSA) is 80.0 Å². The normalized spacial score (nSPS) is 20.9. The van der Waals surface area contributed by atoms with Crippen LogP contribution in [0.2, 0.25) is 0 Å². The lowest BCUT2D eigenvalue weighted by Crippen LogP contribution is -2.65. The first-order valence-corrected chi connectivity index (χ1v) is 9.61. The van der Waals surface area contributed by atoms with E-state index in [4.69, 9.17) is 0 Å². The van der Waals surface area contributed by atoms with Crippen molar-refractivity contribution in [2.24, 2.45) is 5.92 Å². The number of aromatic nitrogens is 5. The molecule has 4 heterocycles. The average molecular weight is 393 g/mol. The quantitative estimate of drug-likeness (QED) is 0.676. The molecule has 0 aliphatic carbocycles. The molecule has 2 aromatic heterocycles. The second-order valence-corrected chi connectivity index (χ2v) is 7.46. The number of piperidine rings is 1. The number of likely N-dealkylation sites (tertiary alicyclic amines) is 1. The van der Waals surface area contributed by atoms with Crippen molar-refractivity contribution in [1.29, 1.82) is 0 Å². The summed E-state index contributed by atoms with van der Waals surface area (Å²) in [6.07, 6.45) is 7.32. The average Bonchev–Trinajstić information content (AvgIpc) is 3.24. The summed E-state index contributed by atoms with van der Waals surface area (Å²) in [5, 5.41) is 8.12. The lowest BCUT2D eigenvalue weighted by atomic mass is 9.82. The van der Waals surface area contributed by atoms with Gasteiger partial charge in [0.1, 0.15) is 17.3 Å². The first-order chi connectivity index (χ1) is 14.1. The molecule has 0 radical (unpaired) electrons. The van der Waals surface area contributed by atoms with Gasteiger partial charge in [0.25, 0.3) is 5.91 Å². The van der Waals surface area contributed by atoms with Crippen LogP contribution in [0.1, 0.15) is 22.5 Å². The van der Waals surface area contributed by atoms with Crippen LogP contribution in [0.25, 0.3) is 5.69 Å². The molecule has 29 heavy (non-hydrogen) atoms. The Hall–Kier alpha value is -3.36. The number of nitrogens with zero attached hydrogens (tertiary/aromatic N) is 7. The van der Waals surface area contributed by atoms with Crippen molar-refractivity contribution < 1.29 is 9.18 Å². The van der Waals surface area contributed by atoms with Crippen LogP contribution >= 0.6 is 0 Å². The molecular formula is C20H20FN7O. The van der Waals surface area contributed by atoms with Gasteiger partial charge in [-0.3, -0.25) is 9.78 Å². The number of rotatable bonds is 3. The second kappa shape index (κ2) is 6.91. The summed E-state index contributed by atoms with van der Waals surface area (Å²) in [4.78, 5) is 27.5. The van der Waals surface area contributed by atoms with Gasteiger partial charge in [-0.1, -0.05) is 0 Å². The number of carbonyl (C=O) groups excluding carboxylic acids is 1. The summed E-state index contributed by atoms with van der Waals surface area (Å²) in [5.74, 6) is 0.849. The third-order valence-electron chi connectivity index (χ3n) is 5.79. The molecule has 2 aliphatic heterocycles. The van der Waals surface area contributed by atoms with Crippen LogP contribution in [0.15, 0.2) is 43.0 Å². The number of halogens is 1. The summed E-state index contributed by atoms with van der Waals surface area (Å²) < 4.78 is 13.8. The fourth-order valence-corrected chi connectivity index (χ4v) is 4.27. The fraction of sp³-hybridized carbons (Fsp3) is 0.350. The number of anilines is 1. The SMILES string of the molecule is Cc1nccnc1N1C[C@@H]2CCN(C(=O)c3ccc(F)cc3-n3nccn3)C[C@@H]21. The van der Waals surface area contributed by atoms with Gasteiger partial charge in [0.15, 0.2) is 0 Å². The van der Waals surface area contributed by atoms with E-state index in [1.165, 1.54) is 35.4 Å². The van der Waals surface area contributed by atoms with Gasteiger partial charge in [0.05, 0.1) is 29.7 Å². The molecular weight excluding hydrogens is 373 g/mol. The molecule has 0 spiro atoms. The van der Waals surface area contributed by atoms with E-state index < -0.39 is 5.82 Å². The number of amides is 1. The van der Waals surface area contributed by atoms with Crippen molar-refractivity contribution in [3.63, 3.8) is 0 Å². The summed E-state index contributed by atoms with van der Waals surface area (Å²) >= 11 is 0. The number of hydrogen-bond acceptors (Lipinski definition) is 6. The molecule has 8 nitrogen and oxygen atoms in total. The van der Waals surface area contributed by atoms with Crippen LogP contribution in [-0.2, 0) is 0 Å². The zero-order valence-corrected chi connectivity index (χ0v) is 15.9. The highest BCUT2D eigenvalue weighted by Gasteiger charge is 2.45. The van der Waals surface area contributed by atoms with Crippen LogP contribution < -0.4 is 4.90 Å². The van der Waals surface area contributed by atoms with Crippen molar-refractivity contribution in [3.8, 4) is 5.69 Å². The molecule has 148 valence electrons. The number of fused-ring (bicyclic) bond motifs is 1. The van der Waals surface area contributed by atoms with Crippen molar-refractivity contribution in [2.75, 3.05) is 24.5 Å². The minimum Gasteiger partial charge on any atom is -0.350 e. The summed E-state index contributed by atoms with van der Waals surface area (Å²) in [6.45, 7) is 4.16. The Balaban J connectivity index is 1.40. The van der Waals surface area contributed by atoms with E-state index in [2.05, 4.69) is 25.1 Å². The first-order valence-electron chi connectivity index (χ1n) is 9.61. The Bertz CT molecular complexity index is 1050. The standard InChI is InChI=1S/C20H20FN7O/c1-13-19(23-6-5-22-13)27-11-14-4-9-26(12-18(14)27)20(29)16-3-2-15(21)10-17(16)28-24-7-8-25-28/h2-3,5-8,10,14,18H,4,9,11-12H2,1H3/t14-,18-/m0/s1. The third-order valence-corrected chi connectivity index (χ3v) is 5.79. The van der Waals surface area contributed by atoms with Gasteiger partial charge in [0, 0.05) is 44.0 Å². The zero-order valence-electron chi connectivity index (χ0n) is 15.9. The molecule has 2 aliphatic rings. The van der Waals surface area contributed by atoms with Gasteiger partial charge in [-0.15, -0.1) is 0 Å². The number of carbonyl (C=O) groups is 1. The number of hydrogen-bond donors (Lipinski definition) is 0. The van der Waals surface area contributed by atoms with E-state index in [1.807, 2.05) is 11.8 Å². The monoisotopic (exact) mass is 393 g/mol. The lowest BCUT2D eigenvalue weighted by Gasteiger charge is -2.54. The predicted octanol–water partition coefficient (Wildman–Crippen LogP) is 1.86. The molecule has 9 heteroatoms. The van der Waals surface area contributed by atoms with E-state index >= 15 is 0 Å². The summed E-state index contributed by atoms with van der Waals surface area (Å²) in [6, 6.07) is 4.31. The van der Waals surface area contributed by atoms with Crippen molar-refractivity contribution in [1.82, 2.24) is 29.9 Å². The fourth-order valence-electron chi connectivity index (χ4n) is 4.27. The highest BCUT2D eigenvalue weighted by molar-refractivity contribution is 5.97. The maximum Gasteiger partial charge on any atom is 0.256 e. The van der Waals surface area contributed by atoms with Crippen molar-refractivity contribution >= 4 is 11.7 Å². The molecule has 3 aromatic rings. The van der Waals surface area contributed by atoms with Gasteiger partial charge in [0.2, 0.25) is 0 Å². The van der Waals surface area contributed by atoms with Gasteiger partial charge < -0.3 is 9.80 Å². The van der Waals surface area contributed by atoms with Gasteiger partial charge in [-0.25, -0.2) is 9.37 Å². The molecule has 2 fully saturated rings. The van der Waals surface area contributed by atoms with Crippen LogP contribution in [0, 0.1) is 18.7 Å². The maximum atomic E-state index is 13.8. The van der Waals surface area contributed by atoms with E-state index in [9.17, 15) is 9.18 Å². The Morgan fingerprint density at radius 1 is 1.10 bits per heavy atom. The van der Waals surface area contributed by atoms with Crippen LogP contribution in [0.5, 0.6) is 0 Å². The van der Waals surface area contributed by atoms with Crippen LogP contribution in [-0.4, -0.2) is 61.4 Å². The van der Waals surface area contributed by atoms with Crippen LogP contribution in [0.4, 0.5) is 10.2 Å². The lowest BCUT2D eigenvalue weighted by molar-refractivity contribution is 0.0590. The molecule has 0 saturated carbocycles. The third kappa shape index (κ3) is 3.02. The number of aryl methyl sites for hydroxylation is 1. The van der Waals surface area contributed by atoms with Crippen LogP contribution in [0.3, 0.4) is 0 Å². The molecule has 0 N–H and O–H groups in total. The highest BCUT2D eigenvalue weighted by Crippen LogP contribution is 2.37. The molecule has 2 atom stereocenters. The number of benzene rings is 1. The molecule has 0 unspecified atom stereocenters. The maximum absolute atomic E-state index is 13.8. The van der Waals surface area contributed by atoms with E-state index in [0.29, 0.717) is 30.3 Å². The van der Waals surface area contributed by atoms with Gasteiger partial charge >= 0.3 is 0 Å². The predicted molar refractivity (Wildman–Crippen MR) is 103 cm³/mol. The van der Waals surface area contributed by atoms with Gasteiger partial charge in [-0.05, 0) is 25.5 Å². The van der Waals surface area contributed by atoms with E-state index in [0.717, 1.165) is 24.5 Å². The summed E-state index contributed by atoms with van der Waals surface area (Å²) in [5.41, 5.74) is 1.62. The van der Waals surface area contributed by atoms with Gasteiger partial charge in [-0.2, -0.15) is 15.0 Å². The largest absolute Gasteiger partial charge is 0.350 e. The van der Waals surface area contributed by atoms with Crippen molar-refractivity contribution in [2.45, 2.75) is 19.4 Å². The molecule has 1 aromatic carbocycles. The van der Waals surface area contributed by atoms with E-state index in [-0.39, 0.29) is 11.9 Å². The Morgan fingerprint density at radius 3 is 2.69 bits per heavy atom. The smallest absolute Gasteiger partial charge is 0.256 e. The molecule has 0 bridgehead atoms. The van der Waals surface area contributed by atoms with E-state index in [1.54, 1.807) is 12.4 Å². The highest BCUT2D eigenvalue weighted by atomic mass is 19.1. The molecule has 5 rings (SSSR count). The Labute approximate surface area is 167 Å². The second-order valence-electron chi connectivity index (χ2n) is 7.46. The Morgan fingerprint density at radius 2 is 1.90 bits per heavy atom. The Kier molecular flexibility index (Phi) is 4.22. The summed E-state index contributed by atoms with van der Waals surface area (Å²) in [7, 11) is 0. The van der Waals surface area contributed by atoms with Crippen molar-refractivity contribution in [3.05, 3.63) is 60.1 Å². The molecule has 2 saturated heterocycles.